The van der Waals surface area contributed by atoms with Crippen LogP contribution in [0.4, 0.5) is 5.82 Å². The maximum Gasteiger partial charge on any atom is 0.257 e. The highest BCUT2D eigenvalue weighted by molar-refractivity contribution is 5.95. The molecule has 0 radical (unpaired) electrons. The third kappa shape index (κ3) is 3.54. The van der Waals surface area contributed by atoms with Crippen molar-refractivity contribution < 1.29 is 14.3 Å². The summed E-state index contributed by atoms with van der Waals surface area (Å²) in [7, 11) is 0. The number of carbonyl (C=O) groups is 1. The van der Waals surface area contributed by atoms with E-state index in [1.165, 1.54) is 5.69 Å². The van der Waals surface area contributed by atoms with Gasteiger partial charge in [0.2, 0.25) is 6.79 Å². The van der Waals surface area contributed by atoms with Gasteiger partial charge in [0.15, 0.2) is 11.5 Å². The number of nitrogens with zero attached hydrogens (tertiary/aromatic N) is 6. The molecule has 4 heterocycles. The molecule has 1 fully saturated rings. The third-order valence-corrected chi connectivity index (χ3v) is 5.84. The van der Waals surface area contributed by atoms with Crippen molar-refractivity contribution in [3.63, 3.8) is 0 Å². The van der Waals surface area contributed by atoms with Gasteiger partial charge in [0.25, 0.3) is 11.7 Å². The standard InChI is InChI=1S/C22H26N6O3/c1-3-5-16-13-20(23-22-25-24-19(4-2)28(16)22)26-8-10-27(11-9-26)21(29)15-6-7-17-18(12-15)31-14-30-17/h6-7,12-13H,3-5,8-11,14H2,1-2H3. The highest BCUT2D eigenvalue weighted by Gasteiger charge is 2.25. The molecule has 0 spiro atoms. The van der Waals surface area contributed by atoms with Gasteiger partial charge in [0.05, 0.1) is 0 Å². The molecule has 0 aliphatic carbocycles. The number of hydrogen-bond donors (Lipinski definition) is 0. The lowest BCUT2D eigenvalue weighted by Crippen LogP contribution is -2.49. The van der Waals surface area contributed by atoms with E-state index in [9.17, 15) is 4.79 Å². The Morgan fingerprint density at radius 2 is 1.84 bits per heavy atom. The van der Waals surface area contributed by atoms with Gasteiger partial charge in [-0.1, -0.05) is 20.3 Å². The number of piperazine rings is 1. The first-order valence-electron chi connectivity index (χ1n) is 10.9. The van der Waals surface area contributed by atoms with Crippen LogP contribution in [0.3, 0.4) is 0 Å². The summed E-state index contributed by atoms with van der Waals surface area (Å²) < 4.78 is 12.8. The molecular weight excluding hydrogens is 396 g/mol. The molecule has 2 aromatic heterocycles. The van der Waals surface area contributed by atoms with Gasteiger partial charge in [0, 0.05) is 49.9 Å². The normalized spacial score (nSPS) is 15.7. The topological polar surface area (TPSA) is 85.1 Å². The SMILES string of the molecule is CCCc1cc(N2CCN(C(=O)c3ccc4c(c3)OCO4)CC2)nc2nnc(CC)n12. The average molecular weight is 422 g/mol. The molecule has 1 saturated heterocycles. The largest absolute Gasteiger partial charge is 0.454 e. The Bertz CT molecular complexity index is 1120. The number of carbonyl (C=O) groups excluding carboxylic acids is 1. The molecule has 2 aliphatic heterocycles. The molecule has 9 nitrogen and oxygen atoms in total. The van der Waals surface area contributed by atoms with Crippen molar-refractivity contribution in [2.45, 2.75) is 33.1 Å². The highest BCUT2D eigenvalue weighted by Crippen LogP contribution is 2.33. The smallest absolute Gasteiger partial charge is 0.257 e. The molecule has 1 amide bonds. The van der Waals surface area contributed by atoms with Crippen molar-refractivity contribution in [3.05, 3.63) is 41.3 Å². The molecule has 162 valence electrons. The lowest BCUT2D eigenvalue weighted by molar-refractivity contribution is 0.0746. The summed E-state index contributed by atoms with van der Waals surface area (Å²) in [4.78, 5) is 21.8. The fraction of sp³-hybridized carbons (Fsp3) is 0.455. The summed E-state index contributed by atoms with van der Waals surface area (Å²) in [6.45, 7) is 7.17. The van der Waals surface area contributed by atoms with Crippen molar-refractivity contribution in [2.24, 2.45) is 0 Å². The van der Waals surface area contributed by atoms with Crippen molar-refractivity contribution in [1.29, 1.82) is 0 Å². The zero-order valence-corrected chi connectivity index (χ0v) is 17.9. The second kappa shape index (κ2) is 8.05. The van der Waals surface area contributed by atoms with Gasteiger partial charge in [0.1, 0.15) is 11.6 Å². The minimum absolute atomic E-state index is 0.0121. The Balaban J connectivity index is 1.32. The summed E-state index contributed by atoms with van der Waals surface area (Å²) in [6.07, 6.45) is 2.80. The number of amides is 1. The number of aryl methyl sites for hydroxylation is 2. The fourth-order valence-corrected chi connectivity index (χ4v) is 4.20. The number of hydrogen-bond acceptors (Lipinski definition) is 7. The maximum atomic E-state index is 13.0. The summed E-state index contributed by atoms with van der Waals surface area (Å²) >= 11 is 0. The molecule has 5 rings (SSSR count). The summed E-state index contributed by atoms with van der Waals surface area (Å²) in [5, 5.41) is 8.58. The van der Waals surface area contributed by atoms with Crippen LogP contribution in [0.1, 0.15) is 42.1 Å². The molecule has 3 aromatic rings. The molecule has 0 unspecified atom stereocenters. The Morgan fingerprint density at radius 1 is 1.03 bits per heavy atom. The lowest BCUT2D eigenvalue weighted by Gasteiger charge is -2.35. The molecule has 2 aliphatic rings. The minimum atomic E-state index is 0.0121. The van der Waals surface area contributed by atoms with Crippen molar-refractivity contribution in [3.8, 4) is 11.5 Å². The van der Waals surface area contributed by atoms with Crippen LogP contribution in [-0.4, -0.2) is 63.4 Å². The fourth-order valence-electron chi connectivity index (χ4n) is 4.20. The highest BCUT2D eigenvalue weighted by atomic mass is 16.7. The lowest BCUT2D eigenvalue weighted by atomic mass is 10.1. The first-order valence-corrected chi connectivity index (χ1v) is 10.9. The molecule has 9 heteroatoms. The molecule has 31 heavy (non-hydrogen) atoms. The summed E-state index contributed by atoms with van der Waals surface area (Å²) in [6, 6.07) is 7.50. The van der Waals surface area contributed by atoms with Crippen molar-refractivity contribution in [2.75, 3.05) is 37.9 Å². The van der Waals surface area contributed by atoms with E-state index >= 15 is 0 Å². The predicted octanol–water partition coefficient (Wildman–Crippen LogP) is 2.33. The number of aromatic nitrogens is 4. The van der Waals surface area contributed by atoms with Crippen molar-refractivity contribution >= 4 is 17.5 Å². The second-order valence-electron chi connectivity index (χ2n) is 7.81. The predicted molar refractivity (Wildman–Crippen MR) is 115 cm³/mol. The third-order valence-electron chi connectivity index (χ3n) is 5.84. The Morgan fingerprint density at radius 3 is 2.61 bits per heavy atom. The number of benzene rings is 1. The Labute approximate surface area is 180 Å². The molecule has 0 saturated carbocycles. The van der Waals surface area contributed by atoms with Crippen molar-refractivity contribution in [1.82, 2.24) is 24.5 Å². The van der Waals surface area contributed by atoms with Gasteiger partial charge in [-0.15, -0.1) is 10.2 Å². The van der Waals surface area contributed by atoms with Gasteiger partial charge in [-0.2, -0.15) is 4.98 Å². The first-order chi connectivity index (χ1) is 15.2. The van der Waals surface area contributed by atoms with Crippen LogP contribution in [0.2, 0.25) is 0 Å². The van der Waals surface area contributed by atoms with Crippen LogP contribution in [0, 0.1) is 0 Å². The van der Waals surface area contributed by atoms with Crippen LogP contribution < -0.4 is 14.4 Å². The van der Waals surface area contributed by atoms with Crippen LogP contribution in [0.5, 0.6) is 11.5 Å². The minimum Gasteiger partial charge on any atom is -0.454 e. The molecular formula is C22H26N6O3. The quantitative estimate of drug-likeness (QED) is 0.624. The van der Waals surface area contributed by atoms with Gasteiger partial charge in [-0.25, -0.2) is 0 Å². The van der Waals surface area contributed by atoms with Crippen LogP contribution in [-0.2, 0) is 12.8 Å². The zero-order chi connectivity index (χ0) is 21.4. The summed E-state index contributed by atoms with van der Waals surface area (Å²) in [5.74, 6) is 3.82. The van der Waals surface area contributed by atoms with Crippen LogP contribution in [0.15, 0.2) is 24.3 Å². The molecule has 0 atom stereocenters. The number of fused-ring (bicyclic) bond motifs is 2. The second-order valence-corrected chi connectivity index (χ2v) is 7.81. The maximum absolute atomic E-state index is 13.0. The van der Waals surface area contributed by atoms with E-state index in [0.717, 1.165) is 44.0 Å². The Kier molecular flexibility index (Phi) is 5.09. The van der Waals surface area contributed by atoms with E-state index in [1.807, 2.05) is 4.90 Å². The van der Waals surface area contributed by atoms with E-state index in [1.54, 1.807) is 18.2 Å². The van der Waals surface area contributed by atoms with Crippen LogP contribution in [0.25, 0.3) is 5.78 Å². The van der Waals surface area contributed by atoms with Gasteiger partial charge >= 0.3 is 0 Å². The zero-order valence-electron chi connectivity index (χ0n) is 17.9. The first kappa shape index (κ1) is 19.6. The molecule has 0 N–H and O–H groups in total. The Hall–Kier alpha value is -3.36. The van der Waals surface area contributed by atoms with E-state index in [4.69, 9.17) is 14.5 Å². The van der Waals surface area contributed by atoms with Gasteiger partial charge in [-0.3, -0.25) is 9.20 Å². The molecule has 1 aromatic carbocycles. The number of anilines is 1. The van der Waals surface area contributed by atoms with Gasteiger partial charge < -0.3 is 19.3 Å². The van der Waals surface area contributed by atoms with E-state index in [2.05, 4.69) is 39.4 Å². The van der Waals surface area contributed by atoms with E-state index in [-0.39, 0.29) is 12.7 Å². The van der Waals surface area contributed by atoms with Gasteiger partial charge in [-0.05, 0) is 24.6 Å². The van der Waals surface area contributed by atoms with Crippen LogP contribution >= 0.6 is 0 Å². The number of ether oxygens (including phenoxy) is 2. The molecule has 0 bridgehead atoms. The van der Waals surface area contributed by atoms with E-state index in [0.29, 0.717) is 35.9 Å². The number of rotatable bonds is 5. The monoisotopic (exact) mass is 422 g/mol. The van der Waals surface area contributed by atoms with E-state index < -0.39 is 0 Å². The summed E-state index contributed by atoms with van der Waals surface area (Å²) in [5.41, 5.74) is 1.81. The average Bonchev–Trinajstić information content (AvgIpc) is 3.45.